The standard InChI is InChI=1S/C14H22ClNO/c1-9-6-10(15)7-11(13(9)17-5)12(16)8-14(2,3)4/h6-7,12H,8,16H2,1-5H3. The zero-order chi connectivity index (χ0) is 13.2. The van der Waals surface area contributed by atoms with Gasteiger partial charge < -0.3 is 10.5 Å². The normalized spacial score (nSPS) is 13.6. The van der Waals surface area contributed by atoms with Gasteiger partial charge in [0.2, 0.25) is 0 Å². The second kappa shape index (κ2) is 5.28. The van der Waals surface area contributed by atoms with Gasteiger partial charge in [0.15, 0.2) is 0 Å². The van der Waals surface area contributed by atoms with E-state index in [2.05, 4.69) is 20.8 Å². The topological polar surface area (TPSA) is 35.2 Å². The summed E-state index contributed by atoms with van der Waals surface area (Å²) in [6, 6.07) is 3.75. The molecule has 1 aromatic rings. The molecule has 0 amide bonds. The molecule has 1 atom stereocenters. The van der Waals surface area contributed by atoms with E-state index in [0.717, 1.165) is 23.3 Å². The minimum Gasteiger partial charge on any atom is -0.496 e. The van der Waals surface area contributed by atoms with Crippen molar-refractivity contribution < 1.29 is 4.74 Å². The van der Waals surface area contributed by atoms with Gasteiger partial charge in [-0.2, -0.15) is 0 Å². The molecule has 0 radical (unpaired) electrons. The van der Waals surface area contributed by atoms with Gasteiger partial charge in [-0.15, -0.1) is 0 Å². The predicted molar refractivity (Wildman–Crippen MR) is 73.7 cm³/mol. The van der Waals surface area contributed by atoms with Crippen LogP contribution in [-0.2, 0) is 0 Å². The van der Waals surface area contributed by atoms with Crippen molar-refractivity contribution in [2.45, 2.75) is 40.2 Å². The summed E-state index contributed by atoms with van der Waals surface area (Å²) >= 11 is 6.08. The quantitative estimate of drug-likeness (QED) is 0.883. The van der Waals surface area contributed by atoms with E-state index in [1.165, 1.54) is 0 Å². The smallest absolute Gasteiger partial charge is 0.126 e. The highest BCUT2D eigenvalue weighted by molar-refractivity contribution is 6.30. The Morgan fingerprint density at radius 1 is 1.35 bits per heavy atom. The fourth-order valence-electron chi connectivity index (χ4n) is 2.08. The van der Waals surface area contributed by atoms with Crippen molar-refractivity contribution in [2.24, 2.45) is 11.1 Å². The Morgan fingerprint density at radius 2 is 1.94 bits per heavy atom. The maximum Gasteiger partial charge on any atom is 0.126 e. The molecule has 0 aliphatic heterocycles. The second-order valence-corrected chi connectivity index (χ2v) is 6.15. The molecule has 1 unspecified atom stereocenters. The first-order chi connectivity index (χ1) is 7.74. The molecule has 2 nitrogen and oxygen atoms in total. The van der Waals surface area contributed by atoms with Crippen LogP contribution in [0.3, 0.4) is 0 Å². The lowest BCUT2D eigenvalue weighted by Gasteiger charge is -2.25. The van der Waals surface area contributed by atoms with Crippen LogP contribution in [0.1, 0.15) is 44.4 Å². The van der Waals surface area contributed by atoms with E-state index >= 15 is 0 Å². The van der Waals surface area contributed by atoms with E-state index in [4.69, 9.17) is 22.1 Å². The highest BCUT2D eigenvalue weighted by Crippen LogP contribution is 2.36. The van der Waals surface area contributed by atoms with Gasteiger partial charge in [0.05, 0.1) is 7.11 Å². The molecule has 0 heterocycles. The summed E-state index contributed by atoms with van der Waals surface area (Å²) in [6.45, 7) is 8.52. The van der Waals surface area contributed by atoms with Crippen LogP contribution in [0.5, 0.6) is 5.75 Å². The third-order valence-corrected chi connectivity index (χ3v) is 2.92. The minimum atomic E-state index is -0.0534. The van der Waals surface area contributed by atoms with E-state index in [9.17, 15) is 0 Å². The summed E-state index contributed by atoms with van der Waals surface area (Å²) < 4.78 is 5.43. The minimum absolute atomic E-state index is 0.0534. The number of aryl methyl sites for hydroxylation is 1. The average Bonchev–Trinajstić information content (AvgIpc) is 2.13. The number of hydrogen-bond acceptors (Lipinski definition) is 2. The summed E-state index contributed by atoms with van der Waals surface area (Å²) in [5, 5.41) is 0.711. The zero-order valence-electron chi connectivity index (χ0n) is 11.3. The van der Waals surface area contributed by atoms with Crippen LogP contribution in [-0.4, -0.2) is 7.11 Å². The third-order valence-electron chi connectivity index (χ3n) is 2.70. The first-order valence-electron chi connectivity index (χ1n) is 5.84. The molecule has 0 bridgehead atoms. The van der Waals surface area contributed by atoms with E-state index in [1.807, 2.05) is 19.1 Å². The second-order valence-electron chi connectivity index (χ2n) is 5.72. The van der Waals surface area contributed by atoms with Crippen LogP contribution in [0.2, 0.25) is 5.02 Å². The molecule has 2 N–H and O–H groups in total. The molecule has 17 heavy (non-hydrogen) atoms. The van der Waals surface area contributed by atoms with Crippen molar-refractivity contribution in [3.05, 3.63) is 28.3 Å². The maximum atomic E-state index is 6.26. The Hall–Kier alpha value is -0.730. The van der Waals surface area contributed by atoms with Crippen molar-refractivity contribution in [3.63, 3.8) is 0 Å². The van der Waals surface area contributed by atoms with Crippen molar-refractivity contribution in [3.8, 4) is 5.75 Å². The van der Waals surface area contributed by atoms with Gasteiger partial charge in [0.25, 0.3) is 0 Å². The van der Waals surface area contributed by atoms with E-state index < -0.39 is 0 Å². The molecule has 0 aliphatic rings. The maximum absolute atomic E-state index is 6.26. The van der Waals surface area contributed by atoms with Crippen LogP contribution >= 0.6 is 11.6 Å². The van der Waals surface area contributed by atoms with Crippen molar-refractivity contribution in [1.29, 1.82) is 0 Å². The number of hydrogen-bond donors (Lipinski definition) is 1. The fourth-order valence-corrected chi connectivity index (χ4v) is 2.36. The summed E-state index contributed by atoms with van der Waals surface area (Å²) in [7, 11) is 1.67. The first kappa shape index (κ1) is 14.3. The van der Waals surface area contributed by atoms with Crippen LogP contribution in [0.4, 0.5) is 0 Å². The summed E-state index contributed by atoms with van der Waals surface area (Å²) in [5.41, 5.74) is 8.46. The lowest BCUT2D eigenvalue weighted by Crippen LogP contribution is -2.19. The first-order valence-corrected chi connectivity index (χ1v) is 6.22. The van der Waals surface area contributed by atoms with Gasteiger partial charge in [0, 0.05) is 16.6 Å². The predicted octanol–water partition coefficient (Wildman–Crippen LogP) is 4.09. The van der Waals surface area contributed by atoms with Gasteiger partial charge in [0.1, 0.15) is 5.75 Å². The molecular formula is C14H22ClNO. The lowest BCUT2D eigenvalue weighted by molar-refractivity contribution is 0.334. The number of nitrogens with two attached hydrogens (primary N) is 1. The number of methoxy groups -OCH3 is 1. The monoisotopic (exact) mass is 255 g/mol. The molecule has 0 aliphatic carbocycles. The largest absolute Gasteiger partial charge is 0.496 e. The summed E-state index contributed by atoms with van der Waals surface area (Å²) in [6.07, 6.45) is 0.892. The van der Waals surface area contributed by atoms with Gasteiger partial charge in [-0.25, -0.2) is 0 Å². The molecule has 3 heteroatoms. The number of rotatable bonds is 3. The fraction of sp³-hybridized carbons (Fsp3) is 0.571. The highest BCUT2D eigenvalue weighted by Gasteiger charge is 2.21. The van der Waals surface area contributed by atoms with E-state index in [0.29, 0.717) is 5.02 Å². The molecule has 1 aromatic carbocycles. The average molecular weight is 256 g/mol. The third kappa shape index (κ3) is 3.90. The Morgan fingerprint density at radius 3 is 2.41 bits per heavy atom. The molecular weight excluding hydrogens is 234 g/mol. The van der Waals surface area contributed by atoms with Crippen molar-refractivity contribution in [2.75, 3.05) is 7.11 Å². The van der Waals surface area contributed by atoms with Gasteiger partial charge in [-0.05, 0) is 36.5 Å². The Kier molecular flexibility index (Phi) is 4.45. The van der Waals surface area contributed by atoms with Crippen molar-refractivity contribution >= 4 is 11.6 Å². The number of halogens is 1. The highest BCUT2D eigenvalue weighted by atomic mass is 35.5. The van der Waals surface area contributed by atoms with Crippen molar-refractivity contribution in [1.82, 2.24) is 0 Å². The molecule has 0 aromatic heterocycles. The number of ether oxygens (including phenoxy) is 1. The molecule has 0 fully saturated rings. The Bertz CT molecular complexity index is 396. The van der Waals surface area contributed by atoms with Crippen LogP contribution in [0, 0.1) is 12.3 Å². The van der Waals surface area contributed by atoms with Gasteiger partial charge >= 0.3 is 0 Å². The Labute approximate surface area is 109 Å². The molecule has 0 saturated carbocycles. The van der Waals surface area contributed by atoms with Crippen LogP contribution < -0.4 is 10.5 Å². The van der Waals surface area contributed by atoms with Crippen LogP contribution in [0.15, 0.2) is 12.1 Å². The molecule has 96 valence electrons. The van der Waals surface area contributed by atoms with E-state index in [1.54, 1.807) is 7.11 Å². The lowest BCUT2D eigenvalue weighted by atomic mass is 9.85. The summed E-state index contributed by atoms with van der Waals surface area (Å²) in [5.74, 6) is 0.853. The SMILES string of the molecule is COc1c(C)cc(Cl)cc1C(N)CC(C)(C)C. The molecule has 0 saturated heterocycles. The Balaban J connectivity index is 3.11. The van der Waals surface area contributed by atoms with E-state index in [-0.39, 0.29) is 11.5 Å². The summed E-state index contributed by atoms with van der Waals surface area (Å²) in [4.78, 5) is 0. The molecule has 0 spiro atoms. The molecule has 1 rings (SSSR count). The van der Waals surface area contributed by atoms with Gasteiger partial charge in [-0.1, -0.05) is 32.4 Å². The van der Waals surface area contributed by atoms with Gasteiger partial charge in [-0.3, -0.25) is 0 Å². The number of benzene rings is 1. The zero-order valence-corrected chi connectivity index (χ0v) is 12.1. The van der Waals surface area contributed by atoms with Crippen LogP contribution in [0.25, 0.3) is 0 Å².